The van der Waals surface area contributed by atoms with E-state index in [0.29, 0.717) is 22.2 Å². The number of fused-ring (bicyclic) bond motifs is 1. The Kier molecular flexibility index (Phi) is 4.59. The molecule has 0 aliphatic heterocycles. The molecule has 1 amide bonds. The Morgan fingerprint density at radius 2 is 1.93 bits per heavy atom. The van der Waals surface area contributed by atoms with Gasteiger partial charge in [0, 0.05) is 30.9 Å². The first kappa shape index (κ1) is 17.2. The number of hydrogen-bond donors (Lipinski definition) is 1. The monoisotopic (exact) mass is 382 g/mol. The van der Waals surface area contributed by atoms with Gasteiger partial charge >= 0.3 is 0 Å². The molecule has 136 valence electrons. The summed E-state index contributed by atoms with van der Waals surface area (Å²) in [5, 5.41) is 7.89. The molecule has 0 bridgehead atoms. The van der Waals surface area contributed by atoms with Crippen LogP contribution < -0.4 is 5.32 Å². The summed E-state index contributed by atoms with van der Waals surface area (Å²) in [6.45, 7) is 1.83. The molecule has 0 spiro atoms. The maximum Gasteiger partial charge on any atom is 0.235 e. The molecule has 0 fully saturated rings. The summed E-state index contributed by atoms with van der Waals surface area (Å²) in [6, 6.07) is 7.68. The lowest BCUT2D eigenvalue weighted by Crippen LogP contribution is -2.17. The second-order valence-electron chi connectivity index (χ2n) is 5.79. The van der Waals surface area contributed by atoms with Crippen LogP contribution in [0, 0.1) is 12.7 Å². The highest BCUT2D eigenvalue weighted by atomic mass is 32.2. The van der Waals surface area contributed by atoms with Crippen molar-refractivity contribution in [2.45, 2.75) is 11.9 Å². The molecule has 1 N–H and O–H groups in total. The Hall–Kier alpha value is -3.20. The predicted octanol–water partition coefficient (Wildman–Crippen LogP) is 3.09. The van der Waals surface area contributed by atoms with Gasteiger partial charge in [-0.25, -0.2) is 19.0 Å². The first-order chi connectivity index (χ1) is 13.1. The van der Waals surface area contributed by atoms with E-state index in [1.54, 1.807) is 41.5 Å². The fourth-order valence-electron chi connectivity index (χ4n) is 2.61. The van der Waals surface area contributed by atoms with Crippen LogP contribution in [0.3, 0.4) is 0 Å². The summed E-state index contributed by atoms with van der Waals surface area (Å²) in [6.07, 6.45) is 6.98. The zero-order valence-electron chi connectivity index (χ0n) is 14.3. The van der Waals surface area contributed by atoms with Crippen LogP contribution in [0.5, 0.6) is 0 Å². The van der Waals surface area contributed by atoms with Crippen molar-refractivity contribution in [3.8, 4) is 5.69 Å². The number of carbonyl (C=O) groups excluding carboxylic acids is 1. The van der Waals surface area contributed by atoms with Crippen molar-refractivity contribution in [3.63, 3.8) is 0 Å². The molecule has 1 aromatic carbocycles. The van der Waals surface area contributed by atoms with Gasteiger partial charge in [-0.3, -0.25) is 4.79 Å². The number of imidazole rings is 1. The van der Waals surface area contributed by atoms with E-state index in [0.717, 1.165) is 5.69 Å². The summed E-state index contributed by atoms with van der Waals surface area (Å²) in [4.78, 5) is 20.9. The highest BCUT2D eigenvalue weighted by Crippen LogP contribution is 2.21. The molecule has 0 unspecified atom stereocenters. The first-order valence-corrected chi connectivity index (χ1v) is 9.11. The van der Waals surface area contributed by atoms with Crippen LogP contribution in [0.25, 0.3) is 11.3 Å². The number of halogens is 1. The maximum atomic E-state index is 13.2. The van der Waals surface area contributed by atoms with Crippen molar-refractivity contribution in [3.05, 3.63) is 66.6 Å². The van der Waals surface area contributed by atoms with Crippen LogP contribution in [0.4, 0.5) is 10.2 Å². The van der Waals surface area contributed by atoms with Gasteiger partial charge in [0.2, 0.25) is 5.91 Å². The molecule has 0 saturated heterocycles. The van der Waals surface area contributed by atoms with E-state index in [9.17, 15) is 9.18 Å². The van der Waals surface area contributed by atoms with Crippen molar-refractivity contribution in [2.75, 3.05) is 11.1 Å². The van der Waals surface area contributed by atoms with E-state index in [-0.39, 0.29) is 17.5 Å². The molecule has 3 aromatic heterocycles. The van der Waals surface area contributed by atoms with Gasteiger partial charge in [-0.15, -0.1) is 0 Å². The van der Waals surface area contributed by atoms with Crippen LogP contribution in [-0.4, -0.2) is 35.8 Å². The van der Waals surface area contributed by atoms with E-state index in [1.807, 2.05) is 17.5 Å². The number of amides is 1. The molecule has 27 heavy (non-hydrogen) atoms. The topological polar surface area (TPSA) is 77.1 Å². The Bertz CT molecular complexity index is 1100. The van der Waals surface area contributed by atoms with Crippen LogP contribution in [0.1, 0.15) is 5.69 Å². The number of nitrogens with zero attached hydrogens (tertiary/aromatic N) is 5. The largest absolute Gasteiger partial charge is 0.310 e. The van der Waals surface area contributed by atoms with Crippen molar-refractivity contribution in [2.24, 2.45) is 0 Å². The lowest BCUT2D eigenvalue weighted by atomic mass is 10.3. The van der Waals surface area contributed by atoms with E-state index < -0.39 is 0 Å². The minimum atomic E-state index is -0.328. The van der Waals surface area contributed by atoms with Gasteiger partial charge in [-0.05, 0) is 31.2 Å². The summed E-state index contributed by atoms with van der Waals surface area (Å²) in [7, 11) is 0. The molecule has 3 heterocycles. The van der Waals surface area contributed by atoms with E-state index in [1.165, 1.54) is 23.9 Å². The van der Waals surface area contributed by atoms with E-state index in [2.05, 4.69) is 20.4 Å². The van der Waals surface area contributed by atoms with Crippen LogP contribution >= 0.6 is 11.8 Å². The quantitative estimate of drug-likeness (QED) is 0.537. The SMILES string of the molecule is Cc1cc(NC(=O)CSc2nccn3ccnc23)n(-c2ccc(F)cc2)n1. The zero-order valence-corrected chi connectivity index (χ0v) is 15.2. The third-order valence-corrected chi connectivity index (χ3v) is 4.76. The predicted molar refractivity (Wildman–Crippen MR) is 101 cm³/mol. The van der Waals surface area contributed by atoms with Crippen LogP contribution in [0.15, 0.2) is 60.1 Å². The average molecular weight is 382 g/mol. The minimum absolute atomic E-state index is 0.174. The summed E-state index contributed by atoms with van der Waals surface area (Å²) < 4.78 is 16.6. The Morgan fingerprint density at radius 3 is 2.70 bits per heavy atom. The number of rotatable bonds is 5. The van der Waals surface area contributed by atoms with Gasteiger partial charge in [0.15, 0.2) is 5.65 Å². The molecule has 0 aliphatic carbocycles. The molecule has 9 heteroatoms. The summed E-state index contributed by atoms with van der Waals surface area (Å²) in [5.74, 6) is 0.174. The van der Waals surface area contributed by atoms with Crippen molar-refractivity contribution in [1.82, 2.24) is 24.1 Å². The summed E-state index contributed by atoms with van der Waals surface area (Å²) >= 11 is 1.31. The van der Waals surface area contributed by atoms with E-state index >= 15 is 0 Å². The fraction of sp³-hybridized carbons (Fsp3) is 0.111. The minimum Gasteiger partial charge on any atom is -0.310 e. The molecular weight excluding hydrogens is 367 g/mol. The number of aromatic nitrogens is 5. The molecule has 0 radical (unpaired) electrons. The van der Waals surface area contributed by atoms with Crippen LogP contribution in [0.2, 0.25) is 0 Å². The van der Waals surface area contributed by atoms with Gasteiger partial charge in [-0.2, -0.15) is 5.10 Å². The molecular formula is C18H15FN6OS. The third kappa shape index (κ3) is 3.68. The molecule has 7 nitrogen and oxygen atoms in total. The molecule has 4 rings (SSSR count). The molecule has 4 aromatic rings. The maximum absolute atomic E-state index is 13.2. The van der Waals surface area contributed by atoms with Gasteiger partial charge in [0.1, 0.15) is 16.7 Å². The Labute approximate surface area is 158 Å². The standard InChI is InChI=1S/C18H15FN6OS/c1-12-10-15(25(23-12)14-4-2-13(19)3-5-14)22-16(26)11-27-18-17-20-6-8-24(17)9-7-21-18/h2-10H,11H2,1H3,(H,22,26). The number of carbonyl (C=O) groups is 1. The van der Waals surface area contributed by atoms with Gasteiger partial charge in [0.25, 0.3) is 0 Å². The van der Waals surface area contributed by atoms with Crippen molar-refractivity contribution >= 4 is 29.1 Å². The van der Waals surface area contributed by atoms with Crippen molar-refractivity contribution < 1.29 is 9.18 Å². The van der Waals surface area contributed by atoms with Crippen molar-refractivity contribution in [1.29, 1.82) is 0 Å². The molecule has 0 atom stereocenters. The van der Waals surface area contributed by atoms with Gasteiger partial charge in [-0.1, -0.05) is 11.8 Å². The third-order valence-electron chi connectivity index (χ3n) is 3.79. The summed E-state index contributed by atoms with van der Waals surface area (Å²) in [5.41, 5.74) is 2.12. The highest BCUT2D eigenvalue weighted by Gasteiger charge is 2.13. The Balaban J connectivity index is 1.48. The zero-order chi connectivity index (χ0) is 18.8. The fourth-order valence-corrected chi connectivity index (χ4v) is 3.37. The number of thioether (sulfide) groups is 1. The first-order valence-electron chi connectivity index (χ1n) is 8.13. The molecule has 0 saturated carbocycles. The number of aryl methyl sites for hydroxylation is 1. The second-order valence-corrected chi connectivity index (χ2v) is 6.75. The highest BCUT2D eigenvalue weighted by molar-refractivity contribution is 8.00. The molecule has 0 aliphatic rings. The lowest BCUT2D eigenvalue weighted by molar-refractivity contribution is -0.113. The number of anilines is 1. The lowest BCUT2D eigenvalue weighted by Gasteiger charge is -2.09. The van der Waals surface area contributed by atoms with Crippen LogP contribution in [-0.2, 0) is 4.79 Å². The smallest absolute Gasteiger partial charge is 0.235 e. The second kappa shape index (κ2) is 7.20. The van der Waals surface area contributed by atoms with E-state index in [4.69, 9.17) is 0 Å². The number of hydrogen-bond acceptors (Lipinski definition) is 5. The van der Waals surface area contributed by atoms with Gasteiger partial charge < -0.3 is 9.72 Å². The normalized spacial score (nSPS) is 11.0. The number of nitrogens with one attached hydrogen (secondary N) is 1. The number of benzene rings is 1. The Morgan fingerprint density at radius 1 is 1.19 bits per heavy atom. The average Bonchev–Trinajstić information content (AvgIpc) is 3.27. The van der Waals surface area contributed by atoms with Gasteiger partial charge in [0.05, 0.1) is 17.1 Å².